The zero-order valence-corrected chi connectivity index (χ0v) is 20.9. The summed E-state index contributed by atoms with van der Waals surface area (Å²) in [5, 5.41) is 0. The Morgan fingerprint density at radius 2 is 1.48 bits per heavy atom. The molecule has 3 atom stereocenters. The highest BCUT2D eigenvalue weighted by molar-refractivity contribution is 6.73. The van der Waals surface area contributed by atoms with E-state index in [1.807, 2.05) is 38.1 Å². The molecule has 3 unspecified atom stereocenters. The first-order chi connectivity index (χ1) is 14.8. The Balaban J connectivity index is 1.85. The maximum Gasteiger partial charge on any atom is 0.238 e. The molecule has 5 heteroatoms. The van der Waals surface area contributed by atoms with Crippen molar-refractivity contribution in [1.29, 1.82) is 0 Å². The molecule has 0 N–H and O–H groups in total. The predicted molar refractivity (Wildman–Crippen MR) is 127 cm³/mol. The van der Waals surface area contributed by atoms with Crippen LogP contribution >= 0.6 is 0 Å². The van der Waals surface area contributed by atoms with Crippen molar-refractivity contribution in [1.82, 2.24) is 0 Å². The molecule has 31 heavy (non-hydrogen) atoms. The summed E-state index contributed by atoms with van der Waals surface area (Å²) in [6.45, 7) is 12.8. The third-order valence-electron chi connectivity index (χ3n) is 7.14. The van der Waals surface area contributed by atoms with Gasteiger partial charge in [-0.05, 0) is 56.5 Å². The van der Waals surface area contributed by atoms with Crippen LogP contribution in [0, 0.1) is 0 Å². The fraction of sp³-hybridized carbons (Fsp3) is 0.538. The first-order valence-electron chi connectivity index (χ1n) is 11.6. The molecule has 0 amide bonds. The van der Waals surface area contributed by atoms with Crippen LogP contribution in [0.25, 0.3) is 0 Å². The van der Waals surface area contributed by atoms with Gasteiger partial charge in [-0.25, -0.2) is 14.7 Å². The summed E-state index contributed by atoms with van der Waals surface area (Å²) in [7, 11) is -1.87. The SMILES string of the molecule is CC[Si](CC)(CC)OOC(C)(C)C1CC(c2ccccc2)C(C)(c2ccccc2)OO1. The average Bonchev–Trinajstić information content (AvgIpc) is 2.81. The summed E-state index contributed by atoms with van der Waals surface area (Å²) in [6, 6.07) is 24.0. The standard InChI is InChI=1S/C26H38O4Si/c1-7-31(8-2,9-3)30-28-25(4,5)24-20-23(21-16-12-10-13-17-21)26(6,29-27-24)22-18-14-11-15-19-22/h10-19,23-24H,7-9,20H2,1-6H3. The molecule has 0 aromatic heterocycles. The van der Waals surface area contributed by atoms with Gasteiger partial charge in [-0.15, -0.1) is 0 Å². The van der Waals surface area contributed by atoms with Gasteiger partial charge in [-0.3, -0.25) is 4.58 Å². The van der Waals surface area contributed by atoms with Gasteiger partial charge in [0.05, 0.1) is 0 Å². The van der Waals surface area contributed by atoms with Crippen LogP contribution in [0.1, 0.15) is 65.0 Å². The Kier molecular flexibility index (Phi) is 7.76. The lowest BCUT2D eigenvalue weighted by molar-refractivity contribution is -0.452. The van der Waals surface area contributed by atoms with Crippen LogP contribution in [-0.2, 0) is 24.8 Å². The van der Waals surface area contributed by atoms with Gasteiger partial charge in [0.1, 0.15) is 17.3 Å². The fourth-order valence-corrected chi connectivity index (χ4v) is 6.67. The van der Waals surface area contributed by atoms with Crippen LogP contribution in [-0.4, -0.2) is 20.0 Å². The molecule has 0 radical (unpaired) electrons. The number of hydrogen-bond acceptors (Lipinski definition) is 4. The van der Waals surface area contributed by atoms with Crippen molar-refractivity contribution in [3.63, 3.8) is 0 Å². The van der Waals surface area contributed by atoms with Crippen molar-refractivity contribution in [2.75, 3.05) is 0 Å². The molecule has 2 aromatic rings. The molecule has 4 nitrogen and oxygen atoms in total. The largest absolute Gasteiger partial charge is 0.286 e. The third-order valence-corrected chi connectivity index (χ3v) is 11.4. The quantitative estimate of drug-likeness (QED) is 0.235. The summed E-state index contributed by atoms with van der Waals surface area (Å²) >= 11 is 0. The molecular weight excluding hydrogens is 404 g/mol. The average molecular weight is 443 g/mol. The van der Waals surface area contributed by atoms with Gasteiger partial charge >= 0.3 is 0 Å². The minimum absolute atomic E-state index is 0.114. The normalized spacial score (nSPS) is 24.8. The Bertz CT molecular complexity index is 798. The van der Waals surface area contributed by atoms with E-state index in [2.05, 4.69) is 64.1 Å². The molecular formula is C26H38O4Si. The van der Waals surface area contributed by atoms with E-state index in [1.54, 1.807) is 0 Å². The van der Waals surface area contributed by atoms with E-state index in [4.69, 9.17) is 19.2 Å². The number of hydrogen-bond donors (Lipinski definition) is 0. The molecule has 0 aliphatic carbocycles. The van der Waals surface area contributed by atoms with Crippen molar-refractivity contribution >= 4 is 8.32 Å². The van der Waals surface area contributed by atoms with Crippen LogP contribution in [0.2, 0.25) is 18.1 Å². The van der Waals surface area contributed by atoms with Gasteiger partial charge in [0.2, 0.25) is 8.32 Å². The first-order valence-corrected chi connectivity index (χ1v) is 14.1. The smallest absolute Gasteiger partial charge is 0.238 e. The van der Waals surface area contributed by atoms with Gasteiger partial charge in [-0.2, -0.15) is 0 Å². The lowest BCUT2D eigenvalue weighted by Gasteiger charge is -2.47. The van der Waals surface area contributed by atoms with Gasteiger partial charge < -0.3 is 0 Å². The number of benzene rings is 2. The van der Waals surface area contributed by atoms with Crippen LogP contribution in [0.4, 0.5) is 0 Å². The Morgan fingerprint density at radius 1 is 0.935 bits per heavy atom. The molecule has 1 saturated heterocycles. The van der Waals surface area contributed by atoms with Gasteiger partial charge in [0.15, 0.2) is 0 Å². The van der Waals surface area contributed by atoms with Gasteiger partial charge in [-0.1, -0.05) is 81.4 Å². The monoisotopic (exact) mass is 442 g/mol. The van der Waals surface area contributed by atoms with Crippen molar-refractivity contribution in [3.8, 4) is 0 Å². The molecule has 3 rings (SSSR count). The van der Waals surface area contributed by atoms with E-state index in [9.17, 15) is 0 Å². The summed E-state index contributed by atoms with van der Waals surface area (Å²) in [4.78, 5) is 18.4. The minimum atomic E-state index is -1.87. The summed E-state index contributed by atoms with van der Waals surface area (Å²) in [5.41, 5.74) is 1.11. The van der Waals surface area contributed by atoms with Crippen LogP contribution in [0.5, 0.6) is 0 Å². The van der Waals surface area contributed by atoms with Crippen molar-refractivity contribution < 1.29 is 19.2 Å². The van der Waals surface area contributed by atoms with E-state index in [-0.39, 0.29) is 12.0 Å². The minimum Gasteiger partial charge on any atom is -0.286 e. The maximum atomic E-state index is 6.20. The summed E-state index contributed by atoms with van der Waals surface area (Å²) < 4.78 is 6.18. The van der Waals surface area contributed by atoms with E-state index >= 15 is 0 Å². The van der Waals surface area contributed by atoms with E-state index in [1.165, 1.54) is 5.56 Å². The Morgan fingerprint density at radius 3 is 2.03 bits per heavy atom. The zero-order chi connectivity index (χ0) is 22.5. The molecule has 1 heterocycles. The molecule has 0 spiro atoms. The lowest BCUT2D eigenvalue weighted by Crippen LogP contribution is -2.52. The third kappa shape index (κ3) is 5.12. The van der Waals surface area contributed by atoms with E-state index in [0.717, 1.165) is 30.1 Å². The highest BCUT2D eigenvalue weighted by Crippen LogP contribution is 2.48. The molecule has 170 valence electrons. The van der Waals surface area contributed by atoms with Gasteiger partial charge in [0.25, 0.3) is 0 Å². The van der Waals surface area contributed by atoms with Crippen molar-refractivity contribution in [2.24, 2.45) is 0 Å². The van der Waals surface area contributed by atoms with Crippen molar-refractivity contribution in [2.45, 2.75) is 89.3 Å². The van der Waals surface area contributed by atoms with E-state index in [0.29, 0.717) is 0 Å². The molecule has 0 bridgehead atoms. The Hall–Kier alpha value is -1.50. The van der Waals surface area contributed by atoms with Crippen molar-refractivity contribution in [3.05, 3.63) is 71.8 Å². The highest BCUT2D eigenvalue weighted by Gasteiger charge is 2.50. The molecule has 0 saturated carbocycles. The molecule has 1 fully saturated rings. The van der Waals surface area contributed by atoms with Gasteiger partial charge in [0, 0.05) is 5.92 Å². The maximum absolute atomic E-state index is 6.20. The summed E-state index contributed by atoms with van der Waals surface area (Å²) in [5.74, 6) is 0.114. The second-order valence-corrected chi connectivity index (χ2v) is 14.0. The fourth-order valence-electron chi connectivity index (χ4n) is 4.43. The predicted octanol–water partition coefficient (Wildman–Crippen LogP) is 7.14. The summed E-state index contributed by atoms with van der Waals surface area (Å²) in [6.07, 6.45) is 0.511. The molecule has 1 aliphatic heterocycles. The Labute approximate surface area is 188 Å². The van der Waals surface area contributed by atoms with E-state index < -0.39 is 19.5 Å². The second kappa shape index (κ2) is 9.97. The zero-order valence-electron chi connectivity index (χ0n) is 19.9. The number of rotatable bonds is 9. The van der Waals surface area contributed by atoms with Crippen LogP contribution < -0.4 is 0 Å². The van der Waals surface area contributed by atoms with Crippen LogP contribution in [0.3, 0.4) is 0 Å². The molecule has 2 aromatic carbocycles. The first kappa shape index (κ1) is 24.1. The topological polar surface area (TPSA) is 36.9 Å². The lowest BCUT2D eigenvalue weighted by atomic mass is 9.73. The second-order valence-electron chi connectivity index (χ2n) is 9.35. The molecule has 1 aliphatic rings. The van der Waals surface area contributed by atoms with Crippen LogP contribution in [0.15, 0.2) is 60.7 Å². The highest BCUT2D eigenvalue weighted by atomic mass is 28.4.